The summed E-state index contributed by atoms with van der Waals surface area (Å²) in [5, 5.41) is 11.0. The van der Waals surface area contributed by atoms with E-state index in [0.717, 1.165) is 10.5 Å². The van der Waals surface area contributed by atoms with Crippen molar-refractivity contribution in [2.45, 2.75) is 35.7 Å². The number of nitrogens with one attached hydrogen (secondary N) is 1. The molecule has 0 aromatic heterocycles. The van der Waals surface area contributed by atoms with Gasteiger partial charge in [0.15, 0.2) is 6.04 Å². The van der Waals surface area contributed by atoms with Gasteiger partial charge < -0.3 is 15.3 Å². The van der Waals surface area contributed by atoms with Crippen molar-refractivity contribution in [3.8, 4) is 0 Å². The molecule has 32 heavy (non-hydrogen) atoms. The van der Waals surface area contributed by atoms with Crippen molar-refractivity contribution in [2.75, 3.05) is 0 Å². The quantitative estimate of drug-likeness (QED) is 0.324. The predicted octanol–water partition coefficient (Wildman–Crippen LogP) is 2.03. The molecule has 3 rings (SSSR count). The van der Waals surface area contributed by atoms with Crippen LogP contribution in [0.1, 0.15) is 12.5 Å². The van der Waals surface area contributed by atoms with Crippen molar-refractivity contribution >= 4 is 37.4 Å². The molecule has 0 spiro atoms. The van der Waals surface area contributed by atoms with E-state index in [0.29, 0.717) is 10.8 Å². The molecule has 1 aliphatic rings. The molecule has 168 valence electrons. The number of carboxylic acid groups (broad SMARTS) is 1. The summed E-state index contributed by atoms with van der Waals surface area (Å²) >= 11 is 0. The summed E-state index contributed by atoms with van der Waals surface area (Å²) in [6.07, 6.45) is -0.00368. The second-order valence-corrected chi connectivity index (χ2v) is 11.2. The van der Waals surface area contributed by atoms with Gasteiger partial charge in [-0.25, -0.2) is 13.2 Å². The van der Waals surface area contributed by atoms with Crippen molar-refractivity contribution in [2.24, 2.45) is 0 Å². The summed E-state index contributed by atoms with van der Waals surface area (Å²) in [4.78, 5) is 38.1. The third kappa shape index (κ3) is 5.03. The molecule has 3 atom stereocenters. The van der Waals surface area contributed by atoms with Gasteiger partial charge in [0, 0.05) is 10.8 Å². The first kappa shape index (κ1) is 23.6. The maximum Gasteiger partial charge on any atom is 0.330 e. The van der Waals surface area contributed by atoms with Crippen molar-refractivity contribution in [1.29, 1.82) is 0 Å². The Morgan fingerprint density at radius 3 is 2.22 bits per heavy atom. The van der Waals surface area contributed by atoms with Crippen LogP contribution in [0.15, 0.2) is 77.7 Å². The number of carbonyl (C=O) groups excluding carboxylic acids is 2. The summed E-state index contributed by atoms with van der Waals surface area (Å²) in [6, 6.07) is 13.9. The SMILES string of the molecule is C=C(C)C(C(=O)O)N1C(=O)C(NC(=O)Cc2ccccc2)C1SS(=O)(=O)c1ccccc1. The molecular weight excluding hydrogens is 452 g/mol. The average Bonchev–Trinajstić information content (AvgIpc) is 2.75. The highest BCUT2D eigenvalue weighted by molar-refractivity contribution is 8.72. The van der Waals surface area contributed by atoms with Gasteiger partial charge in [0.05, 0.1) is 11.3 Å². The number of carboxylic acids is 1. The van der Waals surface area contributed by atoms with Gasteiger partial charge in [-0.15, -0.1) is 0 Å². The fourth-order valence-corrected chi connectivity index (χ4v) is 6.87. The van der Waals surface area contributed by atoms with Gasteiger partial charge in [0.25, 0.3) is 0 Å². The monoisotopic (exact) mass is 474 g/mol. The zero-order valence-corrected chi connectivity index (χ0v) is 18.8. The highest BCUT2D eigenvalue weighted by Gasteiger charge is 2.55. The van der Waals surface area contributed by atoms with E-state index in [2.05, 4.69) is 11.9 Å². The summed E-state index contributed by atoms with van der Waals surface area (Å²) < 4.78 is 25.8. The first-order valence-electron chi connectivity index (χ1n) is 9.64. The Labute approximate surface area is 189 Å². The molecule has 0 radical (unpaired) electrons. The normalized spacial score (nSPS) is 19.0. The lowest BCUT2D eigenvalue weighted by molar-refractivity contribution is -0.159. The Morgan fingerprint density at radius 2 is 1.69 bits per heavy atom. The maximum absolute atomic E-state index is 12.9. The van der Waals surface area contributed by atoms with Gasteiger partial charge in [-0.3, -0.25) is 9.59 Å². The Balaban J connectivity index is 1.86. The van der Waals surface area contributed by atoms with Gasteiger partial charge in [0.1, 0.15) is 11.4 Å². The number of likely N-dealkylation sites (tertiary alicyclic amines) is 1. The molecule has 0 aliphatic carbocycles. The molecule has 1 fully saturated rings. The highest BCUT2D eigenvalue weighted by Crippen LogP contribution is 2.39. The van der Waals surface area contributed by atoms with Crippen LogP contribution in [0.3, 0.4) is 0 Å². The van der Waals surface area contributed by atoms with E-state index in [4.69, 9.17) is 0 Å². The topological polar surface area (TPSA) is 121 Å². The van der Waals surface area contributed by atoms with E-state index in [-0.39, 0.29) is 16.9 Å². The highest BCUT2D eigenvalue weighted by atomic mass is 33.1. The maximum atomic E-state index is 12.9. The van der Waals surface area contributed by atoms with Gasteiger partial charge in [0.2, 0.25) is 20.7 Å². The number of hydrogen-bond acceptors (Lipinski definition) is 6. The minimum Gasteiger partial charge on any atom is -0.479 e. The van der Waals surface area contributed by atoms with Gasteiger partial charge >= 0.3 is 5.97 Å². The number of carbonyl (C=O) groups is 3. The Hall–Kier alpha value is -3.11. The number of aliphatic carboxylic acids is 1. The number of rotatable bonds is 9. The lowest BCUT2D eigenvalue weighted by atomic mass is 9.99. The first-order chi connectivity index (χ1) is 15.1. The largest absolute Gasteiger partial charge is 0.479 e. The fourth-order valence-electron chi connectivity index (χ4n) is 3.34. The van der Waals surface area contributed by atoms with Crippen molar-refractivity contribution < 1.29 is 27.9 Å². The third-order valence-electron chi connectivity index (χ3n) is 4.84. The molecule has 0 bridgehead atoms. The van der Waals surface area contributed by atoms with Gasteiger partial charge in [-0.1, -0.05) is 55.1 Å². The lowest BCUT2D eigenvalue weighted by Gasteiger charge is -2.48. The molecule has 1 saturated heterocycles. The second-order valence-electron chi connectivity index (χ2n) is 7.29. The van der Waals surface area contributed by atoms with Crippen LogP contribution in [0.5, 0.6) is 0 Å². The van der Waals surface area contributed by atoms with Crippen LogP contribution in [0.2, 0.25) is 0 Å². The summed E-state index contributed by atoms with van der Waals surface area (Å²) in [7, 11) is -3.51. The Bertz CT molecular complexity index is 1120. The van der Waals surface area contributed by atoms with Crippen molar-refractivity contribution in [1.82, 2.24) is 10.2 Å². The number of benzene rings is 2. The zero-order chi connectivity index (χ0) is 23.5. The van der Waals surface area contributed by atoms with Crippen LogP contribution < -0.4 is 5.32 Å². The predicted molar refractivity (Wildman–Crippen MR) is 120 cm³/mol. The number of amides is 2. The summed E-state index contributed by atoms with van der Waals surface area (Å²) in [5.74, 6) is -2.48. The number of β-lactam (4-membered cyclic amide) rings is 1. The van der Waals surface area contributed by atoms with E-state index < -0.39 is 44.1 Å². The molecule has 0 saturated carbocycles. The minimum absolute atomic E-state index is 0.00368. The van der Waals surface area contributed by atoms with E-state index >= 15 is 0 Å². The summed E-state index contributed by atoms with van der Waals surface area (Å²) in [6.45, 7) is 5.07. The molecule has 1 heterocycles. The number of hydrogen-bond donors (Lipinski definition) is 2. The van der Waals surface area contributed by atoms with E-state index in [1.807, 2.05) is 0 Å². The number of nitrogens with zero attached hydrogens (tertiary/aromatic N) is 1. The fraction of sp³-hybridized carbons (Fsp3) is 0.227. The Morgan fingerprint density at radius 1 is 1.12 bits per heavy atom. The van der Waals surface area contributed by atoms with Crippen molar-refractivity contribution in [3.05, 3.63) is 78.4 Å². The van der Waals surface area contributed by atoms with Crippen LogP contribution in [-0.2, 0) is 29.7 Å². The van der Waals surface area contributed by atoms with E-state index in [1.165, 1.54) is 19.1 Å². The minimum atomic E-state index is -3.94. The van der Waals surface area contributed by atoms with Gasteiger partial charge in [-0.05, 0) is 30.2 Å². The van der Waals surface area contributed by atoms with Crippen LogP contribution in [0.25, 0.3) is 0 Å². The molecule has 8 nitrogen and oxygen atoms in total. The van der Waals surface area contributed by atoms with Crippen LogP contribution in [0.4, 0.5) is 0 Å². The van der Waals surface area contributed by atoms with E-state index in [9.17, 15) is 27.9 Å². The molecule has 2 aromatic carbocycles. The smallest absolute Gasteiger partial charge is 0.330 e. The summed E-state index contributed by atoms with van der Waals surface area (Å²) in [5.41, 5.74) is 0.891. The van der Waals surface area contributed by atoms with E-state index in [1.54, 1.807) is 48.5 Å². The molecule has 1 aliphatic heterocycles. The molecule has 2 aromatic rings. The van der Waals surface area contributed by atoms with Crippen molar-refractivity contribution in [3.63, 3.8) is 0 Å². The van der Waals surface area contributed by atoms with Crippen LogP contribution >= 0.6 is 10.8 Å². The molecular formula is C22H22N2O6S2. The van der Waals surface area contributed by atoms with Crippen LogP contribution in [0, 0.1) is 0 Å². The Kier molecular flexibility index (Phi) is 7.05. The second kappa shape index (κ2) is 9.58. The van der Waals surface area contributed by atoms with Crippen LogP contribution in [-0.4, -0.2) is 53.7 Å². The molecule has 10 heteroatoms. The molecule has 2 N–H and O–H groups in total. The third-order valence-corrected chi connectivity index (χ3v) is 8.57. The molecule has 2 amide bonds. The lowest BCUT2D eigenvalue weighted by Crippen LogP contribution is -2.73. The van der Waals surface area contributed by atoms with Gasteiger partial charge in [-0.2, -0.15) is 0 Å². The molecule has 3 unspecified atom stereocenters. The zero-order valence-electron chi connectivity index (χ0n) is 17.2. The standard InChI is InChI=1S/C22H22N2O6S2/c1-14(2)19(22(27)28)24-20(26)18(23-17(25)13-15-9-5-3-6-10-15)21(24)31-32(29,30)16-11-7-4-8-12-16/h3-12,18-19,21H,1,13H2,2H3,(H,23,25)(H,27,28). The average molecular weight is 475 g/mol. The first-order valence-corrected chi connectivity index (χ1v) is 12.5.